The van der Waals surface area contributed by atoms with Gasteiger partial charge in [0.1, 0.15) is 5.60 Å². The van der Waals surface area contributed by atoms with Crippen LogP contribution in [0.2, 0.25) is 0 Å². The van der Waals surface area contributed by atoms with E-state index in [2.05, 4.69) is 24.0 Å². The number of hydrogen-bond donors (Lipinski definition) is 1. The van der Waals surface area contributed by atoms with Crippen LogP contribution in [0.15, 0.2) is 4.52 Å². The highest BCUT2D eigenvalue weighted by Crippen LogP contribution is 2.38. The molecule has 1 aromatic heterocycles. The van der Waals surface area contributed by atoms with Crippen molar-refractivity contribution in [3.8, 4) is 0 Å². The first-order valence-corrected chi connectivity index (χ1v) is 7.22. The molecule has 0 aromatic carbocycles. The van der Waals surface area contributed by atoms with Gasteiger partial charge in [-0.25, -0.2) is 0 Å². The minimum atomic E-state index is -0.364. The van der Waals surface area contributed by atoms with Gasteiger partial charge < -0.3 is 15.0 Å². The lowest BCUT2D eigenvalue weighted by molar-refractivity contribution is -0.0527. The lowest BCUT2D eigenvalue weighted by atomic mass is 9.84. The highest BCUT2D eigenvalue weighted by molar-refractivity contribution is 5.04. The third-order valence-electron chi connectivity index (χ3n) is 3.94. The van der Waals surface area contributed by atoms with Crippen molar-refractivity contribution in [2.24, 2.45) is 11.7 Å². The molecule has 0 spiro atoms. The van der Waals surface area contributed by atoms with Crippen LogP contribution in [0.25, 0.3) is 0 Å². The van der Waals surface area contributed by atoms with Crippen molar-refractivity contribution >= 4 is 0 Å². The van der Waals surface area contributed by atoms with Crippen molar-refractivity contribution in [1.82, 2.24) is 10.1 Å². The highest BCUT2D eigenvalue weighted by Gasteiger charge is 2.38. The Bertz CT molecular complexity index is 397. The predicted molar refractivity (Wildman–Crippen MR) is 72.5 cm³/mol. The quantitative estimate of drug-likeness (QED) is 0.887. The minimum absolute atomic E-state index is 0.182. The Morgan fingerprint density at radius 2 is 2.00 bits per heavy atom. The maximum Gasteiger partial charge on any atom is 0.243 e. The van der Waals surface area contributed by atoms with Crippen molar-refractivity contribution in [1.29, 1.82) is 0 Å². The fourth-order valence-corrected chi connectivity index (χ4v) is 2.82. The monoisotopic (exact) mass is 267 g/mol. The molecule has 0 amide bonds. The number of hydrogen-bond acceptors (Lipinski definition) is 5. The van der Waals surface area contributed by atoms with Crippen molar-refractivity contribution in [3.05, 3.63) is 11.7 Å². The zero-order valence-electron chi connectivity index (χ0n) is 12.2. The maximum absolute atomic E-state index is 6.09. The average Bonchev–Trinajstić information content (AvgIpc) is 2.89. The van der Waals surface area contributed by atoms with Crippen LogP contribution in [-0.2, 0) is 10.3 Å². The summed E-state index contributed by atoms with van der Waals surface area (Å²) < 4.78 is 11.1. The summed E-state index contributed by atoms with van der Waals surface area (Å²) in [5.74, 6) is 1.71. The summed E-state index contributed by atoms with van der Waals surface area (Å²) in [6.45, 7) is 4.27. The van der Waals surface area contributed by atoms with Crippen LogP contribution in [0.3, 0.4) is 0 Å². The van der Waals surface area contributed by atoms with Gasteiger partial charge in [0.25, 0.3) is 0 Å². The summed E-state index contributed by atoms with van der Waals surface area (Å²) in [6.07, 6.45) is 6.32. The zero-order chi connectivity index (χ0) is 13.9. The molecule has 1 atom stereocenters. The van der Waals surface area contributed by atoms with Gasteiger partial charge in [-0.1, -0.05) is 38.3 Å². The zero-order valence-corrected chi connectivity index (χ0v) is 12.2. The third-order valence-corrected chi connectivity index (χ3v) is 3.94. The highest BCUT2D eigenvalue weighted by atomic mass is 16.5. The Morgan fingerprint density at radius 1 is 1.32 bits per heavy atom. The molecule has 0 radical (unpaired) electrons. The smallest absolute Gasteiger partial charge is 0.243 e. The topological polar surface area (TPSA) is 74.2 Å². The molecule has 1 aromatic rings. The maximum atomic E-state index is 6.09. The fourth-order valence-electron chi connectivity index (χ4n) is 2.82. The van der Waals surface area contributed by atoms with E-state index in [0.29, 0.717) is 17.6 Å². The van der Waals surface area contributed by atoms with Gasteiger partial charge in [0.2, 0.25) is 11.7 Å². The summed E-state index contributed by atoms with van der Waals surface area (Å²) in [5.41, 5.74) is 5.72. The number of ether oxygens (including phenoxy) is 1. The summed E-state index contributed by atoms with van der Waals surface area (Å²) in [4.78, 5) is 4.50. The van der Waals surface area contributed by atoms with Crippen LogP contribution in [0.5, 0.6) is 0 Å². The first-order chi connectivity index (χ1) is 9.07. The standard InChI is InChI=1S/C14H25N3O2/c1-10(2)9-11(15)12-16-13(17-19-12)14(18-3)7-5-4-6-8-14/h10-11H,4-9,15H2,1-3H3. The summed E-state index contributed by atoms with van der Waals surface area (Å²) in [6, 6.07) is -0.182. The first kappa shape index (κ1) is 14.5. The van der Waals surface area contributed by atoms with Gasteiger partial charge in [-0.3, -0.25) is 0 Å². The van der Waals surface area contributed by atoms with Gasteiger partial charge in [-0.05, 0) is 25.2 Å². The SMILES string of the molecule is COC1(c2noc(C(N)CC(C)C)n2)CCCCC1. The number of methoxy groups -OCH3 is 1. The fraction of sp³-hybridized carbons (Fsp3) is 0.857. The molecule has 108 valence electrons. The molecule has 1 heterocycles. The van der Waals surface area contributed by atoms with Gasteiger partial charge in [0, 0.05) is 7.11 Å². The van der Waals surface area contributed by atoms with Gasteiger partial charge in [0.05, 0.1) is 6.04 Å². The molecule has 1 aliphatic rings. The molecule has 2 rings (SSSR count). The van der Waals surface area contributed by atoms with Crippen LogP contribution in [0.1, 0.15) is 70.1 Å². The second kappa shape index (κ2) is 6.01. The average molecular weight is 267 g/mol. The molecule has 5 nitrogen and oxygen atoms in total. The minimum Gasteiger partial charge on any atom is -0.370 e. The Kier molecular flexibility index (Phi) is 4.58. The Hall–Kier alpha value is -0.940. The lowest BCUT2D eigenvalue weighted by Gasteiger charge is -2.32. The largest absolute Gasteiger partial charge is 0.370 e. The third kappa shape index (κ3) is 3.15. The lowest BCUT2D eigenvalue weighted by Crippen LogP contribution is -2.32. The van der Waals surface area contributed by atoms with E-state index in [4.69, 9.17) is 15.0 Å². The first-order valence-electron chi connectivity index (χ1n) is 7.22. The Balaban J connectivity index is 2.14. The van der Waals surface area contributed by atoms with E-state index < -0.39 is 0 Å². The second-order valence-corrected chi connectivity index (χ2v) is 5.95. The van der Waals surface area contributed by atoms with Crippen molar-refractivity contribution in [2.45, 2.75) is 64.0 Å². The van der Waals surface area contributed by atoms with Crippen LogP contribution in [-0.4, -0.2) is 17.3 Å². The summed E-state index contributed by atoms with van der Waals surface area (Å²) >= 11 is 0. The molecule has 1 aliphatic carbocycles. The van der Waals surface area contributed by atoms with Crippen LogP contribution in [0, 0.1) is 5.92 Å². The van der Waals surface area contributed by atoms with Gasteiger partial charge in [-0.2, -0.15) is 4.98 Å². The molecule has 1 unspecified atom stereocenters. The molecule has 0 bridgehead atoms. The van der Waals surface area contributed by atoms with E-state index in [1.807, 2.05) is 0 Å². The van der Waals surface area contributed by atoms with Crippen LogP contribution < -0.4 is 5.73 Å². The number of nitrogens with zero attached hydrogens (tertiary/aromatic N) is 2. The van der Waals surface area contributed by atoms with Crippen molar-refractivity contribution < 1.29 is 9.26 Å². The normalized spacial score (nSPS) is 20.7. The van der Waals surface area contributed by atoms with Gasteiger partial charge in [-0.15, -0.1) is 0 Å². The van der Waals surface area contributed by atoms with Gasteiger partial charge >= 0.3 is 0 Å². The molecule has 2 N–H and O–H groups in total. The number of aromatic nitrogens is 2. The molecule has 0 saturated heterocycles. The summed E-state index contributed by atoms with van der Waals surface area (Å²) in [5, 5.41) is 4.12. The number of rotatable bonds is 5. The van der Waals surface area contributed by atoms with E-state index >= 15 is 0 Å². The molecular formula is C14H25N3O2. The van der Waals surface area contributed by atoms with E-state index in [1.165, 1.54) is 6.42 Å². The van der Waals surface area contributed by atoms with E-state index in [0.717, 1.165) is 32.1 Å². The van der Waals surface area contributed by atoms with Crippen molar-refractivity contribution in [3.63, 3.8) is 0 Å². The van der Waals surface area contributed by atoms with E-state index in [-0.39, 0.29) is 11.6 Å². The molecule has 1 fully saturated rings. The molecular weight excluding hydrogens is 242 g/mol. The number of nitrogens with two attached hydrogens (primary N) is 1. The Labute approximate surface area is 114 Å². The van der Waals surface area contributed by atoms with Gasteiger partial charge in [0.15, 0.2) is 0 Å². The van der Waals surface area contributed by atoms with Crippen LogP contribution in [0.4, 0.5) is 0 Å². The molecule has 1 saturated carbocycles. The van der Waals surface area contributed by atoms with Crippen molar-refractivity contribution in [2.75, 3.05) is 7.11 Å². The summed E-state index contributed by atoms with van der Waals surface area (Å²) in [7, 11) is 1.73. The van der Waals surface area contributed by atoms with Crippen LogP contribution >= 0.6 is 0 Å². The molecule has 5 heteroatoms. The molecule has 0 aliphatic heterocycles. The Morgan fingerprint density at radius 3 is 2.58 bits per heavy atom. The molecule has 19 heavy (non-hydrogen) atoms. The second-order valence-electron chi connectivity index (χ2n) is 5.95. The van der Waals surface area contributed by atoms with E-state index in [1.54, 1.807) is 7.11 Å². The predicted octanol–water partition coefficient (Wildman–Crippen LogP) is 2.92. The van der Waals surface area contributed by atoms with E-state index in [9.17, 15) is 0 Å².